The minimum atomic E-state index is -0.708. The number of halogens is 4. The Kier molecular flexibility index (Phi) is 6.19. The van der Waals surface area contributed by atoms with Crippen molar-refractivity contribution >= 4 is 66.5 Å². The third-order valence-electron chi connectivity index (χ3n) is 3.14. The molecule has 0 saturated heterocycles. The standard InChI is InChI=1S/C15H9Br2Cl2NO3/c16-13(8-5-6-10(18)11(19)7-8)14(17)15(21)9-3-1-2-4-12(9)20(22)23/h1-7,13-14H/t13-,14+/m0/s1. The molecule has 0 amide bonds. The Morgan fingerprint density at radius 2 is 1.74 bits per heavy atom. The van der Waals surface area contributed by atoms with Crippen LogP contribution in [0.5, 0.6) is 0 Å². The van der Waals surface area contributed by atoms with Crippen molar-refractivity contribution in [1.29, 1.82) is 0 Å². The van der Waals surface area contributed by atoms with Crippen LogP contribution in [0, 0.1) is 10.1 Å². The molecule has 0 spiro atoms. The van der Waals surface area contributed by atoms with Crippen molar-refractivity contribution in [2.45, 2.75) is 9.65 Å². The van der Waals surface area contributed by atoms with Gasteiger partial charge in [0.1, 0.15) is 0 Å². The number of nitro benzene ring substituents is 1. The van der Waals surface area contributed by atoms with Crippen molar-refractivity contribution in [3.63, 3.8) is 0 Å². The first kappa shape index (κ1) is 18.4. The van der Waals surface area contributed by atoms with E-state index in [1.807, 2.05) is 0 Å². The maximum Gasteiger partial charge on any atom is 0.280 e. The number of alkyl halides is 2. The third kappa shape index (κ3) is 4.12. The summed E-state index contributed by atoms with van der Waals surface area (Å²) in [5, 5.41) is 11.8. The van der Waals surface area contributed by atoms with E-state index in [4.69, 9.17) is 23.2 Å². The Morgan fingerprint density at radius 3 is 2.35 bits per heavy atom. The lowest BCUT2D eigenvalue weighted by Crippen LogP contribution is -2.20. The van der Waals surface area contributed by atoms with E-state index in [-0.39, 0.29) is 11.3 Å². The Bertz CT molecular complexity index is 770. The van der Waals surface area contributed by atoms with Gasteiger partial charge in [-0.05, 0) is 23.8 Å². The molecule has 2 aromatic carbocycles. The van der Waals surface area contributed by atoms with Crippen LogP contribution in [-0.2, 0) is 0 Å². The van der Waals surface area contributed by atoms with Crippen LogP contribution in [0.4, 0.5) is 5.69 Å². The fourth-order valence-corrected chi connectivity index (χ4v) is 3.36. The van der Waals surface area contributed by atoms with Crippen molar-refractivity contribution in [3.8, 4) is 0 Å². The molecule has 23 heavy (non-hydrogen) atoms. The third-order valence-corrected chi connectivity index (χ3v) is 6.59. The topological polar surface area (TPSA) is 60.2 Å². The molecule has 0 aliphatic rings. The van der Waals surface area contributed by atoms with Crippen LogP contribution in [0.3, 0.4) is 0 Å². The molecule has 0 radical (unpaired) electrons. The maximum absolute atomic E-state index is 12.6. The van der Waals surface area contributed by atoms with E-state index >= 15 is 0 Å². The largest absolute Gasteiger partial charge is 0.293 e. The smallest absolute Gasteiger partial charge is 0.280 e. The van der Waals surface area contributed by atoms with Gasteiger partial charge < -0.3 is 0 Å². The number of ketones is 1. The average molecular weight is 482 g/mol. The SMILES string of the molecule is O=C(c1ccccc1[N+](=O)[O-])[C@H](Br)[C@@H](Br)c1ccc(Cl)c(Cl)c1. The average Bonchev–Trinajstić information content (AvgIpc) is 2.55. The van der Waals surface area contributed by atoms with Crippen LogP contribution in [0.2, 0.25) is 10.0 Å². The predicted molar refractivity (Wildman–Crippen MR) is 98.3 cm³/mol. The summed E-state index contributed by atoms with van der Waals surface area (Å²) in [6.45, 7) is 0. The fraction of sp³-hybridized carbons (Fsp3) is 0.133. The van der Waals surface area contributed by atoms with Crippen LogP contribution in [0.1, 0.15) is 20.7 Å². The van der Waals surface area contributed by atoms with Crippen LogP contribution in [0.15, 0.2) is 42.5 Å². The molecule has 8 heteroatoms. The number of nitrogens with zero attached hydrogens (tertiary/aromatic N) is 1. The minimum absolute atomic E-state index is 0.0453. The van der Waals surface area contributed by atoms with Gasteiger partial charge in [0.05, 0.1) is 30.2 Å². The zero-order valence-corrected chi connectivity index (χ0v) is 16.1. The summed E-state index contributed by atoms with van der Waals surface area (Å²) in [6, 6.07) is 10.8. The summed E-state index contributed by atoms with van der Waals surface area (Å²) in [5.74, 6) is -0.398. The molecule has 2 atom stereocenters. The highest BCUT2D eigenvalue weighted by Crippen LogP contribution is 2.37. The van der Waals surface area contributed by atoms with E-state index in [0.29, 0.717) is 10.0 Å². The summed E-state index contributed by atoms with van der Waals surface area (Å²) in [4.78, 5) is 22.0. The van der Waals surface area contributed by atoms with Gasteiger partial charge in [0.15, 0.2) is 5.78 Å². The number of rotatable bonds is 5. The quantitative estimate of drug-likeness (QED) is 0.228. The van der Waals surface area contributed by atoms with Gasteiger partial charge in [0.25, 0.3) is 5.69 Å². The number of carbonyl (C=O) groups excluding carboxylic acids is 1. The van der Waals surface area contributed by atoms with E-state index in [1.54, 1.807) is 24.3 Å². The molecular weight excluding hydrogens is 473 g/mol. The molecule has 4 nitrogen and oxygen atoms in total. The van der Waals surface area contributed by atoms with Gasteiger partial charge in [-0.1, -0.05) is 73.3 Å². The lowest BCUT2D eigenvalue weighted by atomic mass is 10.0. The molecule has 0 fully saturated rings. The number of carbonyl (C=O) groups is 1. The van der Waals surface area contributed by atoms with Gasteiger partial charge in [-0.3, -0.25) is 14.9 Å². The molecule has 0 aromatic heterocycles. The normalized spacial score (nSPS) is 13.4. The fourth-order valence-electron chi connectivity index (χ4n) is 1.98. The Hall–Kier alpha value is -0.950. The summed E-state index contributed by atoms with van der Waals surface area (Å²) in [6.07, 6.45) is 0. The van der Waals surface area contributed by atoms with E-state index < -0.39 is 20.4 Å². The highest BCUT2D eigenvalue weighted by atomic mass is 79.9. The molecule has 0 aliphatic heterocycles. The van der Waals surface area contributed by atoms with E-state index in [2.05, 4.69) is 31.9 Å². The predicted octanol–water partition coefficient (Wildman–Crippen LogP) is 5.98. The van der Waals surface area contributed by atoms with Gasteiger partial charge in [0.2, 0.25) is 0 Å². The van der Waals surface area contributed by atoms with Crippen molar-refractivity contribution in [2.75, 3.05) is 0 Å². The molecule has 120 valence electrons. The zero-order valence-electron chi connectivity index (χ0n) is 11.4. The van der Waals surface area contributed by atoms with Gasteiger partial charge >= 0.3 is 0 Å². The lowest BCUT2D eigenvalue weighted by molar-refractivity contribution is -0.385. The molecule has 0 saturated carbocycles. The zero-order chi connectivity index (χ0) is 17.1. The van der Waals surface area contributed by atoms with E-state index in [0.717, 1.165) is 5.56 Å². The second-order valence-corrected chi connectivity index (χ2v) is 7.40. The summed E-state index contributed by atoms with van der Waals surface area (Å²) in [5.41, 5.74) is 0.549. The van der Waals surface area contributed by atoms with Gasteiger partial charge in [0, 0.05) is 6.07 Å². The number of hydrogen-bond donors (Lipinski definition) is 0. The first-order valence-electron chi connectivity index (χ1n) is 6.33. The van der Waals surface area contributed by atoms with Gasteiger partial charge in [-0.25, -0.2) is 0 Å². The van der Waals surface area contributed by atoms with Gasteiger partial charge in [-0.2, -0.15) is 0 Å². The van der Waals surface area contributed by atoms with Crippen molar-refractivity contribution < 1.29 is 9.72 Å². The second kappa shape index (κ2) is 7.75. The molecule has 2 aromatic rings. The van der Waals surface area contributed by atoms with Crippen molar-refractivity contribution in [1.82, 2.24) is 0 Å². The minimum Gasteiger partial charge on any atom is -0.293 e. The molecule has 0 bridgehead atoms. The Balaban J connectivity index is 2.32. The number of para-hydroxylation sites is 1. The second-order valence-electron chi connectivity index (χ2n) is 4.62. The Labute approximate surface area is 159 Å². The van der Waals surface area contributed by atoms with Crippen molar-refractivity contribution in [2.24, 2.45) is 0 Å². The molecule has 0 unspecified atom stereocenters. The van der Waals surface area contributed by atoms with Crippen molar-refractivity contribution in [3.05, 3.63) is 73.8 Å². The summed E-state index contributed by atoms with van der Waals surface area (Å²) >= 11 is 18.6. The first-order valence-corrected chi connectivity index (χ1v) is 8.92. The van der Waals surface area contributed by atoms with Crippen LogP contribution in [0.25, 0.3) is 0 Å². The first-order chi connectivity index (χ1) is 10.8. The lowest BCUT2D eigenvalue weighted by Gasteiger charge is -2.17. The number of Topliss-reactive ketones (excluding diaryl/α,β-unsaturated/α-hetero) is 1. The number of hydrogen-bond acceptors (Lipinski definition) is 3. The van der Waals surface area contributed by atoms with Crippen LogP contribution in [-0.4, -0.2) is 15.5 Å². The van der Waals surface area contributed by atoms with Gasteiger partial charge in [-0.15, -0.1) is 0 Å². The Morgan fingerprint density at radius 1 is 1.09 bits per heavy atom. The molecule has 0 heterocycles. The number of nitro groups is 1. The molecule has 0 N–H and O–H groups in total. The van der Waals surface area contributed by atoms with Crippen LogP contribution < -0.4 is 0 Å². The van der Waals surface area contributed by atoms with Crippen LogP contribution >= 0.6 is 55.1 Å². The number of benzene rings is 2. The molecular formula is C15H9Br2Cl2NO3. The van der Waals surface area contributed by atoms with E-state index in [1.165, 1.54) is 18.2 Å². The highest BCUT2D eigenvalue weighted by molar-refractivity contribution is 9.12. The summed E-state index contributed by atoms with van der Waals surface area (Å²) < 4.78 is 0. The monoisotopic (exact) mass is 479 g/mol. The molecule has 0 aliphatic carbocycles. The van der Waals surface area contributed by atoms with E-state index in [9.17, 15) is 14.9 Å². The summed E-state index contributed by atoms with van der Waals surface area (Å²) in [7, 11) is 0. The highest BCUT2D eigenvalue weighted by Gasteiger charge is 2.30. The molecule has 2 rings (SSSR count). The maximum atomic E-state index is 12.6.